The summed E-state index contributed by atoms with van der Waals surface area (Å²) in [5.41, 5.74) is 0. The maximum atomic E-state index is 12.6. The van der Waals surface area contributed by atoms with Crippen LogP contribution in [0.3, 0.4) is 0 Å². The van der Waals surface area contributed by atoms with Crippen molar-refractivity contribution in [2.45, 2.75) is 155 Å². The van der Waals surface area contributed by atoms with Crippen molar-refractivity contribution in [1.29, 1.82) is 0 Å². The van der Waals surface area contributed by atoms with E-state index in [2.05, 4.69) is 106 Å². The molecule has 0 N–H and O–H groups in total. The summed E-state index contributed by atoms with van der Waals surface area (Å²) >= 11 is 0. The monoisotopic (exact) mass is 693 g/mol. The van der Waals surface area contributed by atoms with Crippen molar-refractivity contribution in [3.05, 3.63) is 97.2 Å². The molecule has 0 radical (unpaired) electrons. The Morgan fingerprint density at radius 1 is 0.460 bits per heavy atom. The van der Waals surface area contributed by atoms with Gasteiger partial charge in [0.25, 0.3) is 0 Å². The fraction of sp³-hybridized carbons (Fsp3) is 0.600. The first-order valence-electron chi connectivity index (χ1n) is 19.8. The molecule has 282 valence electrons. The highest BCUT2D eigenvalue weighted by Gasteiger charge is 2.17. The second-order valence-corrected chi connectivity index (χ2v) is 12.4. The van der Waals surface area contributed by atoms with Crippen LogP contribution in [-0.4, -0.2) is 37.9 Å². The van der Waals surface area contributed by atoms with Crippen molar-refractivity contribution >= 4 is 11.9 Å². The maximum Gasteiger partial charge on any atom is 0.306 e. The molecule has 0 fully saturated rings. The first-order chi connectivity index (χ1) is 24.6. The highest BCUT2D eigenvalue weighted by molar-refractivity contribution is 5.70. The van der Waals surface area contributed by atoms with Gasteiger partial charge in [-0.15, -0.1) is 0 Å². The molecule has 5 heteroatoms. The average molecular weight is 693 g/mol. The van der Waals surface area contributed by atoms with E-state index in [0.717, 1.165) is 64.2 Å². The molecule has 0 rings (SSSR count). The molecule has 0 aromatic heterocycles. The number of carbonyl (C=O) groups is 2. The van der Waals surface area contributed by atoms with Crippen molar-refractivity contribution < 1.29 is 23.8 Å². The number of rotatable bonds is 34. The second kappa shape index (κ2) is 40.3. The van der Waals surface area contributed by atoms with Crippen LogP contribution in [-0.2, 0) is 23.8 Å². The largest absolute Gasteiger partial charge is 0.462 e. The minimum atomic E-state index is -0.602. The van der Waals surface area contributed by atoms with Crippen molar-refractivity contribution in [2.75, 3.05) is 19.8 Å². The van der Waals surface area contributed by atoms with Gasteiger partial charge in [-0.1, -0.05) is 163 Å². The first kappa shape index (κ1) is 46.8. The summed E-state index contributed by atoms with van der Waals surface area (Å²) in [6, 6.07) is 0. The molecule has 0 aliphatic heterocycles. The van der Waals surface area contributed by atoms with E-state index in [9.17, 15) is 9.59 Å². The van der Waals surface area contributed by atoms with Gasteiger partial charge in [0, 0.05) is 19.4 Å². The number of hydrogen-bond donors (Lipinski definition) is 0. The molecular weight excluding hydrogens is 620 g/mol. The SMILES string of the molecule is CC/C=C\C/C=C\C/C=C\C/C=C\CCC(=O)OCC(COCCCCCCCCCC)OC(=O)CC/C=C\C/C=C\C/C=C\C/C=C\CC. The molecule has 0 saturated carbocycles. The Hall–Kier alpha value is -3.18. The summed E-state index contributed by atoms with van der Waals surface area (Å²) in [6.07, 6.45) is 52.9. The van der Waals surface area contributed by atoms with Crippen molar-refractivity contribution in [1.82, 2.24) is 0 Å². The van der Waals surface area contributed by atoms with Gasteiger partial charge in [-0.25, -0.2) is 0 Å². The number of allylic oxidation sites excluding steroid dienone is 16. The van der Waals surface area contributed by atoms with Gasteiger partial charge < -0.3 is 14.2 Å². The summed E-state index contributed by atoms with van der Waals surface area (Å²) in [5.74, 6) is -0.597. The molecule has 0 bridgehead atoms. The molecule has 0 aromatic carbocycles. The zero-order valence-corrected chi connectivity index (χ0v) is 32.1. The molecule has 0 saturated heterocycles. The highest BCUT2D eigenvalue weighted by atomic mass is 16.6. The quantitative estimate of drug-likeness (QED) is 0.0382. The lowest BCUT2D eigenvalue weighted by Gasteiger charge is -2.18. The molecule has 0 aromatic rings. The third kappa shape index (κ3) is 37.6. The topological polar surface area (TPSA) is 61.8 Å². The van der Waals surface area contributed by atoms with Crippen molar-refractivity contribution in [3.8, 4) is 0 Å². The van der Waals surface area contributed by atoms with Gasteiger partial charge in [0.1, 0.15) is 6.61 Å². The smallest absolute Gasteiger partial charge is 0.306 e. The van der Waals surface area contributed by atoms with Crippen LogP contribution >= 0.6 is 0 Å². The lowest BCUT2D eigenvalue weighted by Crippen LogP contribution is -2.30. The van der Waals surface area contributed by atoms with Crippen LogP contribution in [0.15, 0.2) is 97.2 Å². The lowest BCUT2D eigenvalue weighted by molar-refractivity contribution is -0.162. The number of unbranched alkanes of at least 4 members (excludes halogenated alkanes) is 7. The summed E-state index contributed by atoms with van der Waals surface area (Å²) in [5, 5.41) is 0. The predicted molar refractivity (Wildman–Crippen MR) is 214 cm³/mol. The fourth-order valence-corrected chi connectivity index (χ4v) is 4.77. The normalized spacial score (nSPS) is 13.3. The van der Waals surface area contributed by atoms with E-state index < -0.39 is 6.10 Å². The van der Waals surface area contributed by atoms with E-state index in [4.69, 9.17) is 14.2 Å². The Bertz CT molecular complexity index is 1010. The molecule has 1 atom stereocenters. The van der Waals surface area contributed by atoms with Gasteiger partial charge in [0.05, 0.1) is 6.61 Å². The first-order valence-corrected chi connectivity index (χ1v) is 19.8. The van der Waals surface area contributed by atoms with E-state index in [1.165, 1.54) is 38.5 Å². The predicted octanol–water partition coefficient (Wildman–Crippen LogP) is 12.8. The zero-order chi connectivity index (χ0) is 36.4. The van der Waals surface area contributed by atoms with E-state index in [1.807, 2.05) is 12.2 Å². The van der Waals surface area contributed by atoms with Gasteiger partial charge in [0.15, 0.2) is 6.10 Å². The molecule has 0 amide bonds. The number of carbonyl (C=O) groups excluding carboxylic acids is 2. The second-order valence-electron chi connectivity index (χ2n) is 12.4. The Kier molecular flexibility index (Phi) is 37.7. The molecular formula is C45H72O5. The van der Waals surface area contributed by atoms with Gasteiger partial charge >= 0.3 is 11.9 Å². The van der Waals surface area contributed by atoms with Crippen LogP contribution in [0, 0.1) is 0 Å². The Morgan fingerprint density at radius 3 is 1.32 bits per heavy atom. The minimum Gasteiger partial charge on any atom is -0.462 e. The molecule has 5 nitrogen and oxygen atoms in total. The van der Waals surface area contributed by atoms with Crippen LogP contribution in [0.2, 0.25) is 0 Å². The average Bonchev–Trinajstić information content (AvgIpc) is 3.11. The van der Waals surface area contributed by atoms with Gasteiger partial charge in [0.2, 0.25) is 0 Å². The van der Waals surface area contributed by atoms with E-state index in [0.29, 0.717) is 25.9 Å². The highest BCUT2D eigenvalue weighted by Crippen LogP contribution is 2.09. The number of ether oxygens (including phenoxy) is 3. The summed E-state index contributed by atoms with van der Waals surface area (Å²) < 4.78 is 17.0. The van der Waals surface area contributed by atoms with Crippen LogP contribution in [0.4, 0.5) is 0 Å². The van der Waals surface area contributed by atoms with E-state index >= 15 is 0 Å². The molecule has 0 spiro atoms. The Morgan fingerprint density at radius 2 is 0.860 bits per heavy atom. The number of hydrogen-bond acceptors (Lipinski definition) is 5. The van der Waals surface area contributed by atoms with Gasteiger partial charge in [-0.05, 0) is 70.6 Å². The fourth-order valence-electron chi connectivity index (χ4n) is 4.77. The van der Waals surface area contributed by atoms with Crippen LogP contribution in [0.5, 0.6) is 0 Å². The van der Waals surface area contributed by atoms with Crippen molar-refractivity contribution in [3.63, 3.8) is 0 Å². The summed E-state index contributed by atoms with van der Waals surface area (Å²) in [7, 11) is 0. The van der Waals surface area contributed by atoms with Gasteiger partial charge in [-0.3, -0.25) is 9.59 Å². The maximum absolute atomic E-state index is 12.6. The molecule has 0 aliphatic rings. The zero-order valence-electron chi connectivity index (χ0n) is 32.1. The van der Waals surface area contributed by atoms with Gasteiger partial charge in [-0.2, -0.15) is 0 Å². The summed E-state index contributed by atoms with van der Waals surface area (Å²) in [6.45, 7) is 7.38. The third-order valence-electron chi connectivity index (χ3n) is 7.64. The minimum absolute atomic E-state index is 0.0141. The Labute approximate surface area is 307 Å². The van der Waals surface area contributed by atoms with Crippen molar-refractivity contribution in [2.24, 2.45) is 0 Å². The van der Waals surface area contributed by atoms with Crippen LogP contribution in [0.1, 0.15) is 149 Å². The molecule has 1 unspecified atom stereocenters. The lowest BCUT2D eigenvalue weighted by atomic mass is 10.1. The third-order valence-corrected chi connectivity index (χ3v) is 7.64. The van der Waals surface area contributed by atoms with E-state index in [1.54, 1.807) is 0 Å². The summed E-state index contributed by atoms with van der Waals surface area (Å²) in [4.78, 5) is 25.0. The van der Waals surface area contributed by atoms with Crippen LogP contribution < -0.4 is 0 Å². The number of esters is 2. The Balaban J connectivity index is 4.47. The van der Waals surface area contributed by atoms with E-state index in [-0.39, 0.29) is 31.6 Å². The molecule has 0 aliphatic carbocycles. The standard InChI is InChI=1S/C45H72O5/c1-4-7-10-13-16-19-21-23-25-27-29-32-35-38-44(46)49-42-43(41-48-40-37-34-31-18-15-12-9-6-3)50-45(47)39-36-33-30-28-26-24-22-20-17-14-11-8-5-2/h7-8,10-11,16-17,19-20,23-26,29-30,32-33,43H,4-6,9,12-15,18,21-22,27-28,31,34-42H2,1-3H3/b10-7-,11-8-,19-16-,20-17-,25-23-,26-24-,32-29-,33-30-. The van der Waals surface area contributed by atoms with Crippen LogP contribution in [0.25, 0.3) is 0 Å². The molecule has 50 heavy (non-hydrogen) atoms. The molecule has 0 heterocycles.